The fourth-order valence-corrected chi connectivity index (χ4v) is 2.25. The van der Waals surface area contributed by atoms with Crippen LogP contribution in [-0.2, 0) is 4.79 Å². The third-order valence-corrected chi connectivity index (χ3v) is 3.05. The zero-order valence-corrected chi connectivity index (χ0v) is 7.73. The van der Waals surface area contributed by atoms with Crippen molar-refractivity contribution in [3.8, 4) is 0 Å². The van der Waals surface area contributed by atoms with E-state index in [4.69, 9.17) is 0 Å². The van der Waals surface area contributed by atoms with Gasteiger partial charge in [0.25, 0.3) is 0 Å². The van der Waals surface area contributed by atoms with E-state index < -0.39 is 0 Å². The lowest BCUT2D eigenvalue weighted by Gasteiger charge is -1.95. The number of amides is 1. The molecule has 12 heavy (non-hydrogen) atoms. The second-order valence-electron chi connectivity index (χ2n) is 3.12. The quantitative estimate of drug-likeness (QED) is 0.737. The molecular weight excluding hydrogens is 170 g/mol. The van der Waals surface area contributed by atoms with Gasteiger partial charge in [-0.25, -0.2) is 0 Å². The normalized spacial score (nSPS) is 26.8. The summed E-state index contributed by atoms with van der Waals surface area (Å²) < 4.78 is 0. The van der Waals surface area contributed by atoms with Gasteiger partial charge in [-0.1, -0.05) is 0 Å². The smallest absolute Gasteiger partial charge is 0.223 e. The summed E-state index contributed by atoms with van der Waals surface area (Å²) in [6.45, 7) is 0. The lowest BCUT2D eigenvalue weighted by molar-refractivity contribution is -0.121. The first-order valence-corrected chi connectivity index (χ1v) is 5.01. The van der Waals surface area contributed by atoms with E-state index in [2.05, 4.69) is 22.1 Å². The molecule has 1 amide bonds. The third kappa shape index (κ3) is 1.25. The monoisotopic (exact) mass is 181 g/mol. The van der Waals surface area contributed by atoms with Gasteiger partial charge in [-0.2, -0.15) is 11.3 Å². The predicted octanol–water partition coefficient (Wildman–Crippen LogP) is 1.60. The van der Waals surface area contributed by atoms with Crippen LogP contribution in [0.2, 0.25) is 0 Å². The molecule has 1 aromatic heterocycles. The Labute approximate surface area is 75.6 Å². The molecule has 1 aliphatic rings. The van der Waals surface area contributed by atoms with Gasteiger partial charge in [0.2, 0.25) is 5.91 Å². The highest BCUT2D eigenvalue weighted by atomic mass is 32.1. The minimum Gasteiger partial charge on any atom is -0.359 e. The van der Waals surface area contributed by atoms with Crippen LogP contribution in [0, 0.1) is 5.92 Å². The van der Waals surface area contributed by atoms with E-state index in [9.17, 15) is 4.79 Å². The zero-order chi connectivity index (χ0) is 8.55. The summed E-state index contributed by atoms with van der Waals surface area (Å²) in [6, 6.07) is 2.11. The molecule has 2 unspecified atom stereocenters. The molecule has 1 aliphatic carbocycles. The molecule has 0 radical (unpaired) electrons. The van der Waals surface area contributed by atoms with Gasteiger partial charge in [-0.3, -0.25) is 4.79 Å². The molecule has 0 bridgehead atoms. The van der Waals surface area contributed by atoms with Gasteiger partial charge in [-0.05, 0) is 34.7 Å². The Morgan fingerprint density at radius 2 is 2.58 bits per heavy atom. The summed E-state index contributed by atoms with van der Waals surface area (Å²) in [5, 5.41) is 6.88. The maximum Gasteiger partial charge on any atom is 0.223 e. The molecule has 64 valence electrons. The van der Waals surface area contributed by atoms with Crippen LogP contribution >= 0.6 is 11.3 Å². The van der Waals surface area contributed by atoms with Crippen molar-refractivity contribution < 1.29 is 4.79 Å². The second kappa shape index (κ2) is 2.90. The number of carbonyl (C=O) groups excluding carboxylic acids is 1. The van der Waals surface area contributed by atoms with E-state index in [1.807, 2.05) is 0 Å². The fraction of sp³-hybridized carbons (Fsp3) is 0.444. The minimum absolute atomic E-state index is 0.186. The Balaban J connectivity index is 2.01. The highest BCUT2D eigenvalue weighted by molar-refractivity contribution is 7.08. The average Bonchev–Trinajstić information content (AvgIpc) is 2.71. The number of rotatable bonds is 2. The van der Waals surface area contributed by atoms with Crippen molar-refractivity contribution in [2.45, 2.75) is 12.3 Å². The van der Waals surface area contributed by atoms with Crippen molar-refractivity contribution in [3.05, 3.63) is 22.4 Å². The largest absolute Gasteiger partial charge is 0.359 e. The van der Waals surface area contributed by atoms with Gasteiger partial charge in [0.1, 0.15) is 0 Å². The maximum absolute atomic E-state index is 11.2. The molecule has 1 aromatic rings. The van der Waals surface area contributed by atoms with E-state index in [0.717, 1.165) is 6.42 Å². The van der Waals surface area contributed by atoms with E-state index in [1.54, 1.807) is 18.4 Å². The Bertz CT molecular complexity index is 281. The standard InChI is InChI=1S/C9H11NOS/c1-10-9(11)8-4-7(8)6-2-3-12-5-6/h2-3,5,7-8H,4H2,1H3,(H,10,11). The molecule has 0 aliphatic heterocycles. The Kier molecular flexibility index (Phi) is 1.89. The second-order valence-corrected chi connectivity index (χ2v) is 3.90. The predicted molar refractivity (Wildman–Crippen MR) is 49.2 cm³/mol. The minimum atomic E-state index is 0.186. The number of hydrogen-bond acceptors (Lipinski definition) is 2. The van der Waals surface area contributed by atoms with E-state index in [0.29, 0.717) is 5.92 Å². The Hall–Kier alpha value is -0.830. The summed E-state index contributed by atoms with van der Waals surface area (Å²) in [5.41, 5.74) is 1.33. The lowest BCUT2D eigenvalue weighted by atomic mass is 10.2. The van der Waals surface area contributed by atoms with Crippen molar-refractivity contribution in [3.63, 3.8) is 0 Å². The highest BCUT2D eigenvalue weighted by Gasteiger charge is 2.43. The molecule has 2 nitrogen and oxygen atoms in total. The van der Waals surface area contributed by atoms with Gasteiger partial charge in [-0.15, -0.1) is 0 Å². The summed E-state index contributed by atoms with van der Waals surface area (Å²) in [5.74, 6) is 0.923. The average molecular weight is 181 g/mol. The van der Waals surface area contributed by atoms with Gasteiger partial charge >= 0.3 is 0 Å². The molecule has 1 heterocycles. The SMILES string of the molecule is CNC(=O)C1CC1c1ccsc1. The number of nitrogens with one attached hydrogen (secondary N) is 1. The molecule has 1 saturated carbocycles. The zero-order valence-electron chi connectivity index (χ0n) is 6.91. The number of thiophene rings is 1. The first kappa shape index (κ1) is 7.80. The molecular formula is C9H11NOS. The number of carbonyl (C=O) groups is 1. The van der Waals surface area contributed by atoms with Crippen LogP contribution in [0.4, 0.5) is 0 Å². The van der Waals surface area contributed by atoms with Crippen molar-refractivity contribution in [2.24, 2.45) is 5.92 Å². The van der Waals surface area contributed by atoms with Gasteiger partial charge < -0.3 is 5.32 Å². The van der Waals surface area contributed by atoms with Crippen LogP contribution in [0.15, 0.2) is 16.8 Å². The molecule has 1 fully saturated rings. The van der Waals surface area contributed by atoms with Crippen molar-refractivity contribution in [1.29, 1.82) is 0 Å². The molecule has 1 N–H and O–H groups in total. The molecule has 0 saturated heterocycles. The Morgan fingerprint density at radius 3 is 3.17 bits per heavy atom. The summed E-state index contributed by atoms with van der Waals surface area (Å²) in [7, 11) is 1.70. The van der Waals surface area contributed by atoms with Crippen LogP contribution in [-0.4, -0.2) is 13.0 Å². The van der Waals surface area contributed by atoms with Crippen LogP contribution in [0.25, 0.3) is 0 Å². The van der Waals surface area contributed by atoms with Crippen molar-refractivity contribution in [1.82, 2.24) is 5.32 Å². The van der Waals surface area contributed by atoms with Crippen LogP contribution < -0.4 is 5.32 Å². The lowest BCUT2D eigenvalue weighted by Crippen LogP contribution is -2.20. The van der Waals surface area contributed by atoms with Gasteiger partial charge in [0.15, 0.2) is 0 Å². The van der Waals surface area contributed by atoms with E-state index in [-0.39, 0.29) is 11.8 Å². The topological polar surface area (TPSA) is 29.1 Å². The van der Waals surface area contributed by atoms with E-state index >= 15 is 0 Å². The van der Waals surface area contributed by atoms with Crippen molar-refractivity contribution >= 4 is 17.2 Å². The highest BCUT2D eigenvalue weighted by Crippen LogP contribution is 2.47. The summed E-state index contributed by atoms with van der Waals surface area (Å²) >= 11 is 1.70. The summed E-state index contributed by atoms with van der Waals surface area (Å²) in [4.78, 5) is 11.2. The fourth-order valence-electron chi connectivity index (χ4n) is 1.52. The van der Waals surface area contributed by atoms with Crippen LogP contribution in [0.5, 0.6) is 0 Å². The van der Waals surface area contributed by atoms with Gasteiger partial charge in [0.05, 0.1) is 0 Å². The maximum atomic E-state index is 11.2. The first-order chi connectivity index (χ1) is 5.83. The molecule has 2 atom stereocenters. The van der Waals surface area contributed by atoms with Gasteiger partial charge in [0, 0.05) is 13.0 Å². The molecule has 3 heteroatoms. The Morgan fingerprint density at radius 1 is 1.75 bits per heavy atom. The molecule has 0 aromatic carbocycles. The van der Waals surface area contributed by atoms with Crippen LogP contribution in [0.1, 0.15) is 17.9 Å². The third-order valence-electron chi connectivity index (χ3n) is 2.34. The first-order valence-electron chi connectivity index (χ1n) is 4.06. The molecule has 2 rings (SSSR count). The number of hydrogen-bond donors (Lipinski definition) is 1. The van der Waals surface area contributed by atoms with Crippen LogP contribution in [0.3, 0.4) is 0 Å². The van der Waals surface area contributed by atoms with Crippen molar-refractivity contribution in [2.75, 3.05) is 7.05 Å². The summed E-state index contributed by atoms with van der Waals surface area (Å²) in [6.07, 6.45) is 1.02. The van der Waals surface area contributed by atoms with E-state index in [1.165, 1.54) is 5.56 Å². The molecule has 0 spiro atoms.